The third kappa shape index (κ3) is 2.86. The summed E-state index contributed by atoms with van der Waals surface area (Å²) in [6, 6.07) is 9.27. The Bertz CT molecular complexity index is 947. The summed E-state index contributed by atoms with van der Waals surface area (Å²) in [5.74, 6) is -1.59. The number of fused-ring (bicyclic) bond motifs is 1. The van der Waals surface area contributed by atoms with Crippen molar-refractivity contribution >= 4 is 28.3 Å². The van der Waals surface area contributed by atoms with E-state index < -0.39 is 17.5 Å². The summed E-state index contributed by atoms with van der Waals surface area (Å²) in [4.78, 5) is 27.6. The highest BCUT2D eigenvalue weighted by Gasteiger charge is 2.21. The number of rotatable bonds is 4. The number of aromatic nitrogens is 1. The van der Waals surface area contributed by atoms with Gasteiger partial charge in [-0.25, -0.2) is 4.39 Å². The van der Waals surface area contributed by atoms with Crippen LogP contribution in [-0.4, -0.2) is 23.8 Å². The molecule has 0 bridgehead atoms. The number of H-pyrrole nitrogens is 1. The van der Waals surface area contributed by atoms with Crippen LogP contribution in [0, 0.1) is 12.7 Å². The number of Topliss-reactive ketones (excluding diaryl/α,β-unsaturated/α-hetero) is 1. The predicted molar refractivity (Wildman–Crippen MR) is 88.9 cm³/mol. The van der Waals surface area contributed by atoms with Gasteiger partial charge in [0.1, 0.15) is 11.6 Å². The molecule has 3 rings (SSSR count). The third-order valence-electron chi connectivity index (χ3n) is 3.70. The summed E-state index contributed by atoms with van der Waals surface area (Å²) in [6.07, 6.45) is 1.40. The van der Waals surface area contributed by atoms with Crippen LogP contribution in [0.15, 0.2) is 42.6 Å². The Morgan fingerprint density at radius 3 is 2.71 bits per heavy atom. The van der Waals surface area contributed by atoms with Crippen LogP contribution < -0.4 is 10.1 Å². The molecule has 0 aliphatic rings. The molecule has 0 spiro atoms. The summed E-state index contributed by atoms with van der Waals surface area (Å²) < 4.78 is 18.6. The number of carbonyl (C=O) groups is 2. The number of nitrogens with one attached hydrogen (secondary N) is 2. The molecule has 0 saturated heterocycles. The number of ether oxygens (including phenoxy) is 1. The van der Waals surface area contributed by atoms with Crippen molar-refractivity contribution in [2.45, 2.75) is 6.92 Å². The minimum atomic E-state index is -0.816. The van der Waals surface area contributed by atoms with E-state index in [9.17, 15) is 14.0 Å². The van der Waals surface area contributed by atoms with Crippen molar-refractivity contribution in [2.24, 2.45) is 0 Å². The smallest absolute Gasteiger partial charge is 0.296 e. The Kier molecular flexibility index (Phi) is 4.04. The molecule has 2 N–H and O–H groups in total. The average molecular weight is 326 g/mol. The number of ketones is 1. The van der Waals surface area contributed by atoms with Crippen LogP contribution in [0.4, 0.5) is 10.1 Å². The fourth-order valence-corrected chi connectivity index (χ4v) is 2.50. The van der Waals surface area contributed by atoms with Gasteiger partial charge < -0.3 is 15.0 Å². The van der Waals surface area contributed by atoms with Crippen LogP contribution in [0.2, 0.25) is 0 Å². The number of benzene rings is 2. The van der Waals surface area contributed by atoms with Gasteiger partial charge in [-0.15, -0.1) is 0 Å². The molecule has 6 heteroatoms. The van der Waals surface area contributed by atoms with Gasteiger partial charge >= 0.3 is 0 Å². The van der Waals surface area contributed by atoms with Gasteiger partial charge in [0.05, 0.1) is 18.4 Å². The van der Waals surface area contributed by atoms with Crippen LogP contribution in [0.25, 0.3) is 10.9 Å². The number of amides is 1. The van der Waals surface area contributed by atoms with Crippen LogP contribution in [0.1, 0.15) is 15.9 Å². The van der Waals surface area contributed by atoms with Crippen LogP contribution in [-0.2, 0) is 4.79 Å². The zero-order valence-corrected chi connectivity index (χ0v) is 13.1. The van der Waals surface area contributed by atoms with Gasteiger partial charge in [0.2, 0.25) is 0 Å². The second kappa shape index (κ2) is 6.16. The highest BCUT2D eigenvalue weighted by atomic mass is 19.1. The van der Waals surface area contributed by atoms with Crippen molar-refractivity contribution in [2.75, 3.05) is 12.4 Å². The predicted octanol–water partition coefficient (Wildman–Crippen LogP) is 3.45. The highest BCUT2D eigenvalue weighted by Crippen LogP contribution is 2.26. The van der Waals surface area contributed by atoms with E-state index in [-0.39, 0.29) is 5.56 Å². The fraction of sp³-hybridized carbons (Fsp3) is 0.111. The van der Waals surface area contributed by atoms with E-state index in [1.54, 1.807) is 12.1 Å². The van der Waals surface area contributed by atoms with Crippen molar-refractivity contribution in [3.8, 4) is 5.75 Å². The molecule has 0 aliphatic carbocycles. The molecule has 3 aromatic rings. The number of hydrogen-bond donors (Lipinski definition) is 2. The quantitative estimate of drug-likeness (QED) is 0.570. The van der Waals surface area contributed by atoms with Crippen molar-refractivity contribution in [1.82, 2.24) is 4.98 Å². The lowest BCUT2D eigenvalue weighted by Crippen LogP contribution is -2.23. The lowest BCUT2D eigenvalue weighted by molar-refractivity contribution is -0.112. The molecule has 0 aliphatic heterocycles. The molecule has 1 amide bonds. The zero-order chi connectivity index (χ0) is 17.3. The molecule has 0 fully saturated rings. The summed E-state index contributed by atoms with van der Waals surface area (Å²) >= 11 is 0. The molecule has 5 nitrogen and oxygen atoms in total. The van der Waals surface area contributed by atoms with E-state index >= 15 is 0 Å². The first-order valence-corrected chi connectivity index (χ1v) is 7.26. The molecular formula is C18H15FN2O3. The van der Waals surface area contributed by atoms with E-state index in [4.69, 9.17) is 4.74 Å². The van der Waals surface area contributed by atoms with Gasteiger partial charge in [0.15, 0.2) is 0 Å². The number of aromatic amines is 1. The summed E-state index contributed by atoms with van der Waals surface area (Å²) in [5.41, 5.74) is 2.02. The number of methoxy groups -OCH3 is 1. The maximum absolute atomic E-state index is 13.4. The van der Waals surface area contributed by atoms with Crippen LogP contribution >= 0.6 is 0 Å². The Hall–Kier alpha value is -3.15. The van der Waals surface area contributed by atoms with Gasteiger partial charge in [-0.2, -0.15) is 0 Å². The Labute approximate surface area is 137 Å². The third-order valence-corrected chi connectivity index (χ3v) is 3.70. The second-order valence-corrected chi connectivity index (χ2v) is 5.38. The zero-order valence-electron chi connectivity index (χ0n) is 13.1. The van der Waals surface area contributed by atoms with E-state index in [0.717, 1.165) is 5.56 Å². The Balaban J connectivity index is 1.91. The molecule has 1 aromatic heterocycles. The van der Waals surface area contributed by atoms with E-state index in [2.05, 4.69) is 10.3 Å². The molecule has 2 aromatic carbocycles. The maximum Gasteiger partial charge on any atom is 0.296 e. The van der Waals surface area contributed by atoms with Crippen molar-refractivity contribution < 1.29 is 18.7 Å². The maximum atomic E-state index is 13.4. The number of halogens is 1. The number of hydrogen-bond acceptors (Lipinski definition) is 3. The first-order valence-electron chi connectivity index (χ1n) is 7.26. The van der Waals surface area contributed by atoms with Crippen LogP contribution in [0.3, 0.4) is 0 Å². The molecule has 0 radical (unpaired) electrons. The van der Waals surface area contributed by atoms with Gasteiger partial charge in [-0.3, -0.25) is 9.59 Å². The van der Waals surface area contributed by atoms with Gasteiger partial charge in [0.25, 0.3) is 11.7 Å². The average Bonchev–Trinajstić information content (AvgIpc) is 2.97. The lowest BCUT2D eigenvalue weighted by Gasteiger charge is -2.10. The second-order valence-electron chi connectivity index (χ2n) is 5.38. The number of carbonyl (C=O) groups excluding carboxylic acids is 2. The summed E-state index contributed by atoms with van der Waals surface area (Å²) in [7, 11) is 1.48. The van der Waals surface area contributed by atoms with Crippen molar-refractivity contribution in [3.63, 3.8) is 0 Å². The first kappa shape index (κ1) is 15.7. The summed E-state index contributed by atoms with van der Waals surface area (Å²) in [6.45, 7) is 1.86. The molecule has 0 atom stereocenters. The van der Waals surface area contributed by atoms with Gasteiger partial charge in [-0.1, -0.05) is 6.07 Å². The fourth-order valence-electron chi connectivity index (χ4n) is 2.50. The molecule has 0 unspecified atom stereocenters. The number of anilines is 1. The molecule has 122 valence electrons. The molecule has 0 saturated carbocycles. The number of aryl methyl sites for hydroxylation is 1. The lowest BCUT2D eigenvalue weighted by atomic mass is 10.1. The molecule has 24 heavy (non-hydrogen) atoms. The van der Waals surface area contributed by atoms with Crippen molar-refractivity contribution in [1.29, 1.82) is 0 Å². The minimum absolute atomic E-state index is 0.119. The molecule has 1 heterocycles. The normalized spacial score (nSPS) is 10.6. The molecular weight excluding hydrogens is 311 g/mol. The minimum Gasteiger partial charge on any atom is -0.495 e. The Morgan fingerprint density at radius 2 is 1.96 bits per heavy atom. The van der Waals surface area contributed by atoms with E-state index in [1.807, 2.05) is 13.0 Å². The van der Waals surface area contributed by atoms with E-state index in [0.29, 0.717) is 22.3 Å². The van der Waals surface area contributed by atoms with Crippen molar-refractivity contribution in [3.05, 3.63) is 59.5 Å². The largest absolute Gasteiger partial charge is 0.495 e. The summed E-state index contributed by atoms with van der Waals surface area (Å²) in [5, 5.41) is 2.92. The van der Waals surface area contributed by atoms with E-state index in [1.165, 1.54) is 31.5 Å². The van der Waals surface area contributed by atoms with Gasteiger partial charge in [-0.05, 0) is 42.8 Å². The van der Waals surface area contributed by atoms with Gasteiger partial charge in [0, 0.05) is 17.1 Å². The Morgan fingerprint density at radius 1 is 1.17 bits per heavy atom. The van der Waals surface area contributed by atoms with Crippen LogP contribution in [0.5, 0.6) is 5.75 Å². The standard InChI is InChI=1S/C18H15FN2O3/c1-10-3-6-16(24-2)15(7-10)21-18(23)17(22)13-9-20-14-5-4-11(19)8-12(13)14/h3-9,20H,1-2H3,(H,21,23). The monoisotopic (exact) mass is 326 g/mol. The first-order chi connectivity index (χ1) is 11.5. The SMILES string of the molecule is COc1ccc(C)cc1NC(=O)C(=O)c1c[nH]c2ccc(F)cc12. The highest BCUT2D eigenvalue weighted by molar-refractivity contribution is 6.48. The topological polar surface area (TPSA) is 71.2 Å².